The number of rotatable bonds is 4. The van der Waals surface area contributed by atoms with Gasteiger partial charge in [-0.15, -0.1) is 10.2 Å². The van der Waals surface area contributed by atoms with Crippen LogP contribution in [0.25, 0.3) is 0 Å². The van der Waals surface area contributed by atoms with Crippen LogP contribution in [0.5, 0.6) is 0 Å². The van der Waals surface area contributed by atoms with Crippen molar-refractivity contribution in [1.29, 1.82) is 0 Å². The Labute approximate surface area is 141 Å². The molecular formula is C14H24N4O3S2. The van der Waals surface area contributed by atoms with Crippen LogP contribution in [0.1, 0.15) is 17.8 Å². The lowest BCUT2D eigenvalue weighted by Crippen LogP contribution is -2.45. The fourth-order valence-corrected chi connectivity index (χ4v) is 5.47. The summed E-state index contributed by atoms with van der Waals surface area (Å²) in [7, 11) is -1.46. The number of hydrogen-bond donors (Lipinski definition) is 0. The van der Waals surface area contributed by atoms with E-state index < -0.39 is 10.0 Å². The zero-order valence-electron chi connectivity index (χ0n) is 13.9. The van der Waals surface area contributed by atoms with E-state index in [4.69, 9.17) is 4.74 Å². The number of nitrogens with zero attached hydrogens (tertiary/aromatic N) is 4. The molecule has 0 saturated carbocycles. The van der Waals surface area contributed by atoms with Gasteiger partial charge in [0, 0.05) is 39.2 Å². The number of hydrogen-bond acceptors (Lipinski definition) is 7. The molecule has 1 aromatic heterocycles. The van der Waals surface area contributed by atoms with Gasteiger partial charge in [0.05, 0.1) is 12.9 Å². The predicted octanol–water partition coefficient (Wildman–Crippen LogP) is 0.971. The van der Waals surface area contributed by atoms with Crippen LogP contribution < -0.4 is 4.90 Å². The first kappa shape index (κ1) is 17.1. The van der Waals surface area contributed by atoms with Crippen LogP contribution in [0.3, 0.4) is 0 Å². The van der Waals surface area contributed by atoms with Gasteiger partial charge in [0.2, 0.25) is 15.2 Å². The summed E-state index contributed by atoms with van der Waals surface area (Å²) in [6.45, 7) is 5.55. The van der Waals surface area contributed by atoms with E-state index in [-0.39, 0.29) is 11.3 Å². The highest BCUT2D eigenvalue weighted by atomic mass is 32.2. The molecule has 2 fully saturated rings. The summed E-state index contributed by atoms with van der Waals surface area (Å²) >= 11 is 1.61. The third-order valence-corrected chi connectivity index (χ3v) is 7.28. The summed E-state index contributed by atoms with van der Waals surface area (Å²) in [5.74, 6) is 0.264. The highest BCUT2D eigenvalue weighted by Crippen LogP contribution is 2.46. The molecule has 0 aromatic carbocycles. The molecule has 0 unspecified atom stereocenters. The number of aryl methyl sites for hydroxylation is 1. The van der Waals surface area contributed by atoms with Crippen molar-refractivity contribution in [2.75, 3.05) is 51.1 Å². The molecule has 3 heterocycles. The predicted molar refractivity (Wildman–Crippen MR) is 90.3 cm³/mol. The second kappa shape index (κ2) is 6.27. The largest absolute Gasteiger partial charge is 0.384 e. The second-order valence-electron chi connectivity index (χ2n) is 6.66. The van der Waals surface area contributed by atoms with Gasteiger partial charge in [-0.3, -0.25) is 0 Å². The van der Waals surface area contributed by atoms with E-state index in [2.05, 4.69) is 15.1 Å². The Hall–Kier alpha value is -0.770. The molecular weight excluding hydrogens is 336 g/mol. The van der Waals surface area contributed by atoms with E-state index in [1.54, 1.807) is 22.8 Å². The maximum atomic E-state index is 12.0. The molecule has 1 spiro atoms. The minimum Gasteiger partial charge on any atom is -0.384 e. The summed E-state index contributed by atoms with van der Waals surface area (Å²) in [5.41, 5.74) is 0.0231. The Morgan fingerprint density at radius 2 is 2.04 bits per heavy atom. The van der Waals surface area contributed by atoms with Crippen LogP contribution in [0.15, 0.2) is 0 Å². The number of piperidine rings is 1. The molecule has 2 aliphatic rings. The molecule has 9 heteroatoms. The normalized spacial score (nSPS) is 25.3. The number of sulfonamides is 1. The monoisotopic (exact) mass is 360 g/mol. The van der Waals surface area contributed by atoms with Crippen LogP contribution in [0.4, 0.5) is 5.13 Å². The summed E-state index contributed by atoms with van der Waals surface area (Å²) in [4.78, 5) is 2.27. The maximum Gasteiger partial charge on any atom is 0.211 e. The lowest BCUT2D eigenvalue weighted by molar-refractivity contribution is 0.0764. The van der Waals surface area contributed by atoms with E-state index in [1.165, 1.54) is 6.26 Å². The van der Waals surface area contributed by atoms with Crippen LogP contribution in [0, 0.1) is 18.3 Å². The summed E-state index contributed by atoms with van der Waals surface area (Å²) in [6.07, 6.45) is 3.23. The molecule has 7 nitrogen and oxygen atoms in total. The average Bonchev–Trinajstić information content (AvgIpc) is 3.06. The molecule has 1 aromatic rings. The van der Waals surface area contributed by atoms with Gasteiger partial charge >= 0.3 is 0 Å². The van der Waals surface area contributed by atoms with E-state index in [0.29, 0.717) is 19.7 Å². The van der Waals surface area contributed by atoms with Gasteiger partial charge in [-0.1, -0.05) is 11.3 Å². The Morgan fingerprint density at radius 1 is 1.35 bits per heavy atom. The van der Waals surface area contributed by atoms with Gasteiger partial charge in [0.1, 0.15) is 5.01 Å². The van der Waals surface area contributed by atoms with Gasteiger partial charge in [0.15, 0.2) is 0 Å². The fourth-order valence-electron chi connectivity index (χ4n) is 3.79. The molecule has 0 aliphatic carbocycles. The summed E-state index contributed by atoms with van der Waals surface area (Å²) < 4.78 is 30.9. The Morgan fingerprint density at radius 3 is 2.57 bits per heavy atom. The van der Waals surface area contributed by atoms with Crippen molar-refractivity contribution in [3.05, 3.63) is 5.01 Å². The molecule has 1 atom stereocenters. The smallest absolute Gasteiger partial charge is 0.211 e. The van der Waals surface area contributed by atoms with Crippen molar-refractivity contribution >= 4 is 26.5 Å². The highest BCUT2D eigenvalue weighted by Gasteiger charge is 2.50. The van der Waals surface area contributed by atoms with Crippen LogP contribution in [-0.4, -0.2) is 69.1 Å². The zero-order valence-corrected chi connectivity index (χ0v) is 15.5. The molecule has 3 rings (SSSR count). The molecule has 23 heavy (non-hydrogen) atoms. The van der Waals surface area contributed by atoms with Crippen molar-refractivity contribution in [3.63, 3.8) is 0 Å². The highest BCUT2D eigenvalue weighted by molar-refractivity contribution is 7.88. The Balaban J connectivity index is 1.74. The average molecular weight is 361 g/mol. The van der Waals surface area contributed by atoms with E-state index in [0.717, 1.165) is 36.1 Å². The maximum absolute atomic E-state index is 12.0. The van der Waals surface area contributed by atoms with Crippen molar-refractivity contribution < 1.29 is 13.2 Å². The third kappa shape index (κ3) is 3.38. The zero-order chi connectivity index (χ0) is 16.7. The van der Waals surface area contributed by atoms with Gasteiger partial charge in [0.25, 0.3) is 0 Å². The Bertz CT molecular complexity index is 653. The number of methoxy groups -OCH3 is 1. The first-order valence-electron chi connectivity index (χ1n) is 7.83. The standard InChI is InChI=1S/C14H24N4O3S2/c1-11-15-16-13(22-11)17-6-4-14(5-7-17)10-18(23(3,19)20)8-12(14)9-21-2/h12H,4-10H2,1-3H3/t12-/m1/s1. The second-order valence-corrected chi connectivity index (χ2v) is 9.80. The molecule has 0 radical (unpaired) electrons. The van der Waals surface area contributed by atoms with Crippen molar-refractivity contribution in [3.8, 4) is 0 Å². The quantitative estimate of drug-likeness (QED) is 0.796. The Kier molecular flexibility index (Phi) is 4.65. The number of ether oxygens (including phenoxy) is 1. The van der Waals surface area contributed by atoms with E-state index in [9.17, 15) is 8.42 Å². The van der Waals surface area contributed by atoms with Gasteiger partial charge < -0.3 is 9.64 Å². The number of aromatic nitrogens is 2. The molecule has 2 aliphatic heterocycles. The molecule has 130 valence electrons. The van der Waals surface area contributed by atoms with Crippen molar-refractivity contribution in [1.82, 2.24) is 14.5 Å². The van der Waals surface area contributed by atoms with Crippen LogP contribution in [0.2, 0.25) is 0 Å². The minimum atomic E-state index is -3.15. The lowest BCUT2D eigenvalue weighted by atomic mass is 9.71. The third-order valence-electron chi connectivity index (χ3n) is 5.16. The SMILES string of the molecule is COC[C@H]1CN(S(C)(=O)=O)CC12CCN(c1nnc(C)s1)CC2. The molecule has 0 bridgehead atoms. The topological polar surface area (TPSA) is 75.6 Å². The van der Waals surface area contributed by atoms with Gasteiger partial charge in [-0.05, 0) is 25.2 Å². The first-order chi connectivity index (χ1) is 10.8. The van der Waals surface area contributed by atoms with Crippen LogP contribution in [-0.2, 0) is 14.8 Å². The summed E-state index contributed by atoms with van der Waals surface area (Å²) in [6, 6.07) is 0. The van der Waals surface area contributed by atoms with Crippen molar-refractivity contribution in [2.24, 2.45) is 11.3 Å². The minimum absolute atomic E-state index is 0.0231. The molecule has 0 amide bonds. The van der Waals surface area contributed by atoms with Gasteiger partial charge in [-0.2, -0.15) is 0 Å². The first-order valence-corrected chi connectivity index (χ1v) is 10.5. The van der Waals surface area contributed by atoms with Crippen molar-refractivity contribution in [2.45, 2.75) is 19.8 Å². The summed E-state index contributed by atoms with van der Waals surface area (Å²) in [5, 5.41) is 10.3. The van der Waals surface area contributed by atoms with E-state index in [1.807, 2.05) is 6.92 Å². The molecule has 0 N–H and O–H groups in total. The van der Waals surface area contributed by atoms with E-state index >= 15 is 0 Å². The van der Waals surface area contributed by atoms with Gasteiger partial charge in [-0.25, -0.2) is 12.7 Å². The fraction of sp³-hybridized carbons (Fsp3) is 0.857. The van der Waals surface area contributed by atoms with Crippen LogP contribution >= 0.6 is 11.3 Å². The lowest BCUT2D eigenvalue weighted by Gasteiger charge is -2.42. The molecule has 2 saturated heterocycles. The number of anilines is 1.